The van der Waals surface area contributed by atoms with Gasteiger partial charge in [-0.3, -0.25) is 4.79 Å². The van der Waals surface area contributed by atoms with E-state index >= 15 is 0 Å². The molecule has 15 heavy (non-hydrogen) atoms. The number of thiophene rings is 1. The first-order valence-electron chi connectivity index (χ1n) is 5.12. The quantitative estimate of drug-likeness (QED) is 0.832. The number of carbonyl (C=O) groups is 1. The average Bonchev–Trinajstić information content (AvgIpc) is 2.86. The van der Waals surface area contributed by atoms with E-state index in [0.717, 1.165) is 24.9 Å². The Bertz CT molecular complexity index is 349. The first-order valence-corrected chi connectivity index (χ1v) is 6.07. The van der Waals surface area contributed by atoms with Gasteiger partial charge in [-0.15, -0.1) is 0 Å². The van der Waals surface area contributed by atoms with Gasteiger partial charge in [0.15, 0.2) is 0 Å². The van der Waals surface area contributed by atoms with Gasteiger partial charge in [-0.1, -0.05) is 0 Å². The van der Waals surface area contributed by atoms with E-state index in [0.29, 0.717) is 0 Å². The monoisotopic (exact) mass is 225 g/mol. The molecule has 2 heterocycles. The second-order valence-electron chi connectivity index (χ2n) is 4.23. The van der Waals surface area contributed by atoms with Crippen molar-refractivity contribution < 1.29 is 9.90 Å². The molecule has 0 aromatic carbocycles. The molecule has 2 rings (SSSR count). The first-order chi connectivity index (χ1) is 7.17. The highest BCUT2D eigenvalue weighted by atomic mass is 32.1. The van der Waals surface area contributed by atoms with Gasteiger partial charge in [-0.2, -0.15) is 11.3 Å². The predicted octanol–water partition coefficient (Wildman–Crippen LogP) is 1.74. The Morgan fingerprint density at radius 1 is 1.73 bits per heavy atom. The van der Waals surface area contributed by atoms with Crippen molar-refractivity contribution in [1.82, 2.24) is 4.90 Å². The third-order valence-electron chi connectivity index (χ3n) is 3.10. The number of aliphatic hydroxyl groups excluding tert-OH is 1. The maximum Gasteiger partial charge on any atom is 0.255 e. The Hall–Kier alpha value is -0.870. The van der Waals surface area contributed by atoms with Gasteiger partial charge in [0.25, 0.3) is 5.91 Å². The lowest BCUT2D eigenvalue weighted by Gasteiger charge is -2.33. The molecule has 1 amide bonds. The molecule has 1 aliphatic heterocycles. The summed E-state index contributed by atoms with van der Waals surface area (Å²) < 4.78 is 0. The Morgan fingerprint density at radius 2 is 2.53 bits per heavy atom. The molecule has 0 saturated carbocycles. The lowest BCUT2D eigenvalue weighted by atomic mass is 10.00. The molecular formula is C11H15NO2S. The molecule has 1 aromatic rings. The van der Waals surface area contributed by atoms with Gasteiger partial charge in [-0.05, 0) is 31.2 Å². The van der Waals surface area contributed by atoms with Gasteiger partial charge in [0.2, 0.25) is 0 Å². The fraction of sp³-hybridized carbons (Fsp3) is 0.545. The van der Waals surface area contributed by atoms with E-state index in [2.05, 4.69) is 0 Å². The van der Waals surface area contributed by atoms with Crippen molar-refractivity contribution in [2.75, 3.05) is 13.2 Å². The summed E-state index contributed by atoms with van der Waals surface area (Å²) in [6.07, 6.45) is 1.87. The summed E-state index contributed by atoms with van der Waals surface area (Å²) in [6, 6.07) is 1.84. The van der Waals surface area contributed by atoms with Gasteiger partial charge in [-0.25, -0.2) is 0 Å². The van der Waals surface area contributed by atoms with E-state index in [1.807, 2.05) is 23.8 Å². The van der Waals surface area contributed by atoms with Crippen molar-refractivity contribution in [3.05, 3.63) is 22.4 Å². The molecule has 1 aromatic heterocycles. The molecule has 0 bridgehead atoms. The van der Waals surface area contributed by atoms with Crippen LogP contribution in [0.5, 0.6) is 0 Å². The number of hydrogen-bond acceptors (Lipinski definition) is 3. The Labute approximate surface area is 93.3 Å². The molecule has 1 aliphatic rings. The molecule has 4 heteroatoms. The van der Waals surface area contributed by atoms with Crippen LogP contribution >= 0.6 is 11.3 Å². The SMILES string of the molecule is C[C@@]1(CO)CCCN1C(=O)c1ccsc1. The highest BCUT2D eigenvalue weighted by Gasteiger charge is 2.39. The molecule has 0 unspecified atom stereocenters. The molecule has 1 fully saturated rings. The summed E-state index contributed by atoms with van der Waals surface area (Å²) in [5.41, 5.74) is 0.375. The Balaban J connectivity index is 2.21. The molecule has 3 nitrogen and oxygen atoms in total. The van der Waals surface area contributed by atoms with Crippen LogP contribution in [0.3, 0.4) is 0 Å². The van der Waals surface area contributed by atoms with Crippen LogP contribution in [0.25, 0.3) is 0 Å². The number of aliphatic hydroxyl groups is 1. The van der Waals surface area contributed by atoms with Gasteiger partial charge in [0.1, 0.15) is 0 Å². The molecule has 1 N–H and O–H groups in total. The minimum absolute atomic E-state index is 0.0445. The summed E-state index contributed by atoms with van der Waals surface area (Å²) in [5, 5.41) is 13.1. The zero-order chi connectivity index (χ0) is 10.9. The molecule has 0 spiro atoms. The largest absolute Gasteiger partial charge is 0.394 e. The average molecular weight is 225 g/mol. The van der Waals surface area contributed by atoms with Crippen LogP contribution in [-0.2, 0) is 0 Å². The summed E-state index contributed by atoms with van der Waals surface area (Å²) in [6.45, 7) is 2.75. The second-order valence-corrected chi connectivity index (χ2v) is 5.01. The summed E-state index contributed by atoms with van der Waals surface area (Å²) in [4.78, 5) is 13.9. The van der Waals surface area contributed by atoms with Crippen LogP contribution < -0.4 is 0 Å². The van der Waals surface area contributed by atoms with Gasteiger partial charge < -0.3 is 10.0 Å². The van der Waals surface area contributed by atoms with Crippen LogP contribution in [-0.4, -0.2) is 34.6 Å². The van der Waals surface area contributed by atoms with Crippen LogP contribution in [0.15, 0.2) is 16.8 Å². The fourth-order valence-corrected chi connectivity index (χ4v) is 2.71. The molecule has 1 saturated heterocycles. The number of nitrogens with zero attached hydrogens (tertiary/aromatic N) is 1. The highest BCUT2D eigenvalue weighted by Crippen LogP contribution is 2.30. The van der Waals surface area contributed by atoms with Crippen molar-refractivity contribution >= 4 is 17.2 Å². The number of carbonyl (C=O) groups excluding carboxylic acids is 1. The number of hydrogen-bond donors (Lipinski definition) is 1. The van der Waals surface area contributed by atoms with Crippen molar-refractivity contribution in [2.45, 2.75) is 25.3 Å². The third kappa shape index (κ3) is 1.79. The van der Waals surface area contributed by atoms with E-state index in [-0.39, 0.29) is 18.1 Å². The minimum atomic E-state index is -0.362. The van der Waals surface area contributed by atoms with Gasteiger partial charge >= 0.3 is 0 Å². The standard InChI is InChI=1S/C11H15NO2S/c1-11(8-13)4-2-5-12(11)10(14)9-3-6-15-7-9/h3,6-7,13H,2,4-5,8H2,1H3/t11-/m0/s1. The van der Waals surface area contributed by atoms with Crippen LogP contribution in [0, 0.1) is 0 Å². The van der Waals surface area contributed by atoms with Crippen LogP contribution in [0.4, 0.5) is 0 Å². The summed E-state index contributed by atoms with van der Waals surface area (Å²) in [5.74, 6) is 0.0466. The maximum atomic E-state index is 12.1. The van der Waals surface area contributed by atoms with Gasteiger partial charge in [0, 0.05) is 11.9 Å². The van der Waals surface area contributed by atoms with Crippen molar-refractivity contribution in [1.29, 1.82) is 0 Å². The second kappa shape index (κ2) is 3.94. The zero-order valence-corrected chi connectivity index (χ0v) is 9.59. The van der Waals surface area contributed by atoms with Crippen LogP contribution in [0.2, 0.25) is 0 Å². The number of amides is 1. The number of likely N-dealkylation sites (tertiary alicyclic amines) is 1. The van der Waals surface area contributed by atoms with E-state index in [9.17, 15) is 9.90 Å². The lowest BCUT2D eigenvalue weighted by molar-refractivity contribution is 0.0473. The van der Waals surface area contributed by atoms with Crippen molar-refractivity contribution in [3.8, 4) is 0 Å². The Kier molecular flexibility index (Phi) is 2.80. The highest BCUT2D eigenvalue weighted by molar-refractivity contribution is 7.08. The normalized spacial score (nSPS) is 25.9. The van der Waals surface area contributed by atoms with Gasteiger partial charge in [0.05, 0.1) is 17.7 Å². The Morgan fingerprint density at radius 3 is 3.13 bits per heavy atom. The zero-order valence-electron chi connectivity index (χ0n) is 8.77. The topological polar surface area (TPSA) is 40.5 Å². The summed E-state index contributed by atoms with van der Waals surface area (Å²) in [7, 11) is 0. The van der Waals surface area contributed by atoms with E-state index < -0.39 is 0 Å². The smallest absolute Gasteiger partial charge is 0.255 e. The molecular weight excluding hydrogens is 210 g/mol. The summed E-state index contributed by atoms with van der Waals surface area (Å²) >= 11 is 1.52. The van der Waals surface area contributed by atoms with E-state index in [4.69, 9.17) is 0 Å². The first kappa shape index (κ1) is 10.6. The van der Waals surface area contributed by atoms with Crippen molar-refractivity contribution in [2.24, 2.45) is 0 Å². The number of rotatable bonds is 2. The van der Waals surface area contributed by atoms with Crippen LogP contribution in [0.1, 0.15) is 30.1 Å². The molecule has 0 radical (unpaired) electrons. The predicted molar refractivity (Wildman–Crippen MR) is 60.1 cm³/mol. The fourth-order valence-electron chi connectivity index (χ4n) is 2.08. The molecule has 0 aliphatic carbocycles. The molecule has 1 atom stereocenters. The van der Waals surface area contributed by atoms with Crippen molar-refractivity contribution in [3.63, 3.8) is 0 Å². The minimum Gasteiger partial charge on any atom is -0.394 e. The van der Waals surface area contributed by atoms with E-state index in [1.54, 1.807) is 4.90 Å². The lowest BCUT2D eigenvalue weighted by Crippen LogP contribution is -2.47. The third-order valence-corrected chi connectivity index (χ3v) is 3.79. The molecule has 82 valence electrons. The van der Waals surface area contributed by atoms with E-state index in [1.165, 1.54) is 11.3 Å². The maximum absolute atomic E-state index is 12.1.